The fourth-order valence-electron chi connectivity index (χ4n) is 2.17. The Morgan fingerprint density at radius 2 is 2.00 bits per heavy atom. The van der Waals surface area contributed by atoms with Crippen LogP contribution in [0.5, 0.6) is 0 Å². The van der Waals surface area contributed by atoms with Crippen molar-refractivity contribution in [3.05, 3.63) is 29.8 Å². The summed E-state index contributed by atoms with van der Waals surface area (Å²) in [6, 6.07) is 8.01. The molecule has 2 unspecified atom stereocenters. The Balaban J connectivity index is 1.91. The molecule has 1 aliphatic rings. The summed E-state index contributed by atoms with van der Waals surface area (Å²) >= 11 is 0. The van der Waals surface area contributed by atoms with Crippen molar-refractivity contribution in [3.8, 4) is 0 Å². The molecule has 0 saturated heterocycles. The number of hydrogen-bond donors (Lipinski definition) is 2. The minimum Gasteiger partial charge on any atom is -0.389 e. The first-order chi connectivity index (χ1) is 8.50. The van der Waals surface area contributed by atoms with Crippen LogP contribution in [0.2, 0.25) is 0 Å². The molecule has 4 heteroatoms. The van der Waals surface area contributed by atoms with Crippen molar-refractivity contribution in [1.82, 2.24) is 5.32 Å². The summed E-state index contributed by atoms with van der Waals surface area (Å²) in [6.45, 7) is 2.73. The maximum absolute atomic E-state index is 11.3. The lowest BCUT2D eigenvalue weighted by molar-refractivity contribution is -0.0329. The first-order valence-corrected chi connectivity index (χ1v) is 7.95. The molecule has 0 amide bonds. The first kappa shape index (κ1) is 13.7. The molecular formula is C14H21NO2S. The van der Waals surface area contributed by atoms with Gasteiger partial charge in [0.1, 0.15) is 0 Å². The topological polar surface area (TPSA) is 49.3 Å². The summed E-state index contributed by atoms with van der Waals surface area (Å²) in [7, 11) is -0.921. The van der Waals surface area contributed by atoms with Gasteiger partial charge in [0.2, 0.25) is 0 Å². The van der Waals surface area contributed by atoms with Crippen molar-refractivity contribution in [2.24, 2.45) is 0 Å². The third-order valence-corrected chi connectivity index (χ3v) is 4.67. The summed E-state index contributed by atoms with van der Waals surface area (Å²) in [4.78, 5) is 0.851. The largest absolute Gasteiger partial charge is 0.389 e. The summed E-state index contributed by atoms with van der Waals surface area (Å²) < 4.78 is 11.3. The number of rotatable bonds is 5. The van der Waals surface area contributed by atoms with Crippen LogP contribution in [0.25, 0.3) is 0 Å². The summed E-state index contributed by atoms with van der Waals surface area (Å²) in [6.07, 6.45) is 4.62. The Bertz CT molecular complexity index is 426. The highest BCUT2D eigenvalue weighted by atomic mass is 32.2. The van der Waals surface area contributed by atoms with Crippen LogP contribution in [-0.4, -0.2) is 27.7 Å². The lowest BCUT2D eigenvalue weighted by atomic mass is 9.80. The van der Waals surface area contributed by atoms with E-state index in [0.29, 0.717) is 6.54 Å². The molecule has 1 aromatic rings. The molecule has 1 fully saturated rings. The standard InChI is InChI=1S/C14H21NO2S/c1-11(15-10-14(16)8-3-9-14)12-4-6-13(7-5-12)18(2)17/h4-7,11,15-16H,3,8-10H2,1-2H3. The van der Waals surface area contributed by atoms with E-state index in [1.165, 1.54) is 0 Å². The van der Waals surface area contributed by atoms with Crippen molar-refractivity contribution in [3.63, 3.8) is 0 Å². The minimum atomic E-state index is -0.921. The average molecular weight is 267 g/mol. The zero-order valence-corrected chi connectivity index (χ0v) is 11.8. The number of hydrogen-bond acceptors (Lipinski definition) is 3. The second-order valence-corrected chi connectivity index (χ2v) is 6.58. The zero-order valence-electron chi connectivity index (χ0n) is 11.0. The number of aliphatic hydroxyl groups is 1. The minimum absolute atomic E-state index is 0.203. The molecule has 3 nitrogen and oxygen atoms in total. The summed E-state index contributed by atoms with van der Waals surface area (Å²) in [5, 5.41) is 13.4. The van der Waals surface area contributed by atoms with Crippen molar-refractivity contribution in [1.29, 1.82) is 0 Å². The van der Waals surface area contributed by atoms with Crippen LogP contribution in [0, 0.1) is 0 Å². The summed E-state index contributed by atoms with van der Waals surface area (Å²) in [5.74, 6) is 0. The van der Waals surface area contributed by atoms with E-state index in [1.807, 2.05) is 24.3 Å². The third kappa shape index (κ3) is 3.19. The van der Waals surface area contributed by atoms with Gasteiger partial charge < -0.3 is 10.4 Å². The molecule has 0 aromatic heterocycles. The van der Waals surface area contributed by atoms with Crippen molar-refractivity contribution in [2.75, 3.05) is 12.8 Å². The summed E-state index contributed by atoms with van der Waals surface area (Å²) in [5.41, 5.74) is 0.672. The highest BCUT2D eigenvalue weighted by molar-refractivity contribution is 7.84. The highest BCUT2D eigenvalue weighted by Gasteiger charge is 2.34. The van der Waals surface area contributed by atoms with Crippen LogP contribution in [0.3, 0.4) is 0 Å². The molecule has 0 spiro atoms. The molecule has 100 valence electrons. The van der Waals surface area contributed by atoms with Gasteiger partial charge in [-0.15, -0.1) is 0 Å². The highest BCUT2D eigenvalue weighted by Crippen LogP contribution is 2.31. The van der Waals surface area contributed by atoms with Crippen molar-refractivity contribution >= 4 is 10.8 Å². The predicted molar refractivity (Wildman–Crippen MR) is 74.0 cm³/mol. The third-order valence-electron chi connectivity index (χ3n) is 3.73. The molecule has 0 radical (unpaired) electrons. The second-order valence-electron chi connectivity index (χ2n) is 5.20. The molecule has 18 heavy (non-hydrogen) atoms. The van der Waals surface area contributed by atoms with Crippen molar-refractivity contribution in [2.45, 2.75) is 42.7 Å². The fraction of sp³-hybridized carbons (Fsp3) is 0.571. The van der Waals surface area contributed by atoms with Crippen molar-refractivity contribution < 1.29 is 9.32 Å². The van der Waals surface area contributed by atoms with E-state index in [-0.39, 0.29) is 6.04 Å². The van der Waals surface area contributed by atoms with Gasteiger partial charge in [-0.2, -0.15) is 0 Å². The van der Waals surface area contributed by atoms with Gasteiger partial charge in [0.05, 0.1) is 5.60 Å². The van der Waals surface area contributed by atoms with Gasteiger partial charge in [0.25, 0.3) is 0 Å². The molecule has 2 N–H and O–H groups in total. The Labute approximate surface area is 111 Å². The number of benzene rings is 1. The predicted octanol–water partition coefficient (Wildman–Crippen LogP) is 1.99. The monoisotopic (exact) mass is 267 g/mol. The lowest BCUT2D eigenvalue weighted by Gasteiger charge is -2.37. The van der Waals surface area contributed by atoms with E-state index in [9.17, 15) is 9.32 Å². The molecule has 1 aliphatic carbocycles. The van der Waals surface area contributed by atoms with E-state index < -0.39 is 16.4 Å². The van der Waals surface area contributed by atoms with E-state index >= 15 is 0 Å². The Morgan fingerprint density at radius 3 is 2.44 bits per heavy atom. The van der Waals surface area contributed by atoms with Crippen LogP contribution >= 0.6 is 0 Å². The van der Waals surface area contributed by atoms with Gasteiger partial charge in [0.15, 0.2) is 0 Å². The van der Waals surface area contributed by atoms with Crippen LogP contribution in [-0.2, 0) is 10.8 Å². The molecule has 0 aliphatic heterocycles. The van der Waals surface area contributed by atoms with Gasteiger partial charge in [-0.25, -0.2) is 0 Å². The fourth-order valence-corrected chi connectivity index (χ4v) is 2.69. The molecule has 1 saturated carbocycles. The maximum atomic E-state index is 11.3. The van der Waals surface area contributed by atoms with Gasteiger partial charge in [-0.3, -0.25) is 4.21 Å². The Morgan fingerprint density at radius 1 is 1.39 bits per heavy atom. The van der Waals surface area contributed by atoms with Crippen LogP contribution in [0.4, 0.5) is 0 Å². The van der Waals surface area contributed by atoms with Crippen LogP contribution in [0.15, 0.2) is 29.2 Å². The van der Waals surface area contributed by atoms with Gasteiger partial charge >= 0.3 is 0 Å². The average Bonchev–Trinajstić information content (AvgIpc) is 2.33. The SMILES string of the molecule is CC(NCC1(O)CCC1)c1ccc(S(C)=O)cc1. The molecule has 0 bridgehead atoms. The molecule has 1 aromatic carbocycles. The van der Waals surface area contributed by atoms with Gasteiger partial charge in [-0.1, -0.05) is 12.1 Å². The van der Waals surface area contributed by atoms with E-state index in [4.69, 9.17) is 0 Å². The molecule has 0 heterocycles. The van der Waals surface area contributed by atoms with Crippen LogP contribution < -0.4 is 5.32 Å². The second kappa shape index (κ2) is 5.51. The normalized spacial score (nSPS) is 21.1. The maximum Gasteiger partial charge on any atom is 0.0771 e. The quantitative estimate of drug-likeness (QED) is 0.858. The molecular weight excluding hydrogens is 246 g/mol. The van der Waals surface area contributed by atoms with E-state index in [1.54, 1.807) is 6.26 Å². The smallest absolute Gasteiger partial charge is 0.0771 e. The molecule has 2 atom stereocenters. The Hall–Kier alpha value is -0.710. The van der Waals surface area contributed by atoms with Crippen LogP contribution in [0.1, 0.15) is 37.8 Å². The van der Waals surface area contributed by atoms with E-state index in [0.717, 1.165) is 29.7 Å². The number of nitrogens with one attached hydrogen (secondary N) is 1. The first-order valence-electron chi connectivity index (χ1n) is 6.39. The Kier molecular flexibility index (Phi) is 4.20. The van der Waals surface area contributed by atoms with Gasteiger partial charge in [-0.05, 0) is 43.9 Å². The van der Waals surface area contributed by atoms with Gasteiger partial charge in [0, 0.05) is 34.5 Å². The van der Waals surface area contributed by atoms with E-state index in [2.05, 4.69) is 12.2 Å². The zero-order chi connectivity index (χ0) is 13.2. The lowest BCUT2D eigenvalue weighted by Crippen LogP contribution is -2.46. The molecule has 2 rings (SSSR count).